The summed E-state index contributed by atoms with van der Waals surface area (Å²) in [6, 6.07) is 6.67. The summed E-state index contributed by atoms with van der Waals surface area (Å²) in [5.74, 6) is 0.812. The Morgan fingerprint density at radius 2 is 1.41 bits per heavy atom. The molecule has 0 radical (unpaired) electrons. The monoisotopic (exact) mass is 432 g/mol. The molecule has 1 aromatic carbocycles. The molecule has 0 fully saturated rings. The van der Waals surface area contributed by atoms with E-state index in [2.05, 4.69) is 39.0 Å². The van der Waals surface area contributed by atoms with Crippen molar-refractivity contribution in [3.63, 3.8) is 0 Å². The molecular formula is C19H33ClOSn. The van der Waals surface area contributed by atoms with Gasteiger partial charge in [-0.2, -0.15) is 0 Å². The Labute approximate surface area is 146 Å². The van der Waals surface area contributed by atoms with Crippen LogP contribution in [0.15, 0.2) is 18.2 Å². The zero-order valence-corrected chi connectivity index (χ0v) is 18.5. The zero-order valence-electron chi connectivity index (χ0n) is 14.9. The average molecular weight is 432 g/mol. The fourth-order valence-electron chi connectivity index (χ4n) is 3.35. The summed E-state index contributed by atoms with van der Waals surface area (Å²) in [5, 5.41) is 0.797. The molecule has 0 amide bonds. The van der Waals surface area contributed by atoms with Crippen LogP contribution < -0.4 is 8.32 Å². The Bertz CT molecular complexity index is 412. The molecule has 0 aliphatic carbocycles. The maximum atomic E-state index is 6.45. The van der Waals surface area contributed by atoms with Crippen LogP contribution in [0.1, 0.15) is 59.3 Å². The van der Waals surface area contributed by atoms with E-state index in [1.807, 2.05) is 0 Å². The van der Waals surface area contributed by atoms with Crippen LogP contribution in [0.5, 0.6) is 5.75 Å². The molecule has 0 aliphatic heterocycles. The van der Waals surface area contributed by atoms with Crippen LogP contribution in [0.25, 0.3) is 0 Å². The Morgan fingerprint density at radius 1 is 0.909 bits per heavy atom. The quantitative estimate of drug-likeness (QED) is 0.368. The second-order valence-electron chi connectivity index (χ2n) is 6.44. The third kappa shape index (κ3) is 5.63. The van der Waals surface area contributed by atoms with Crippen molar-refractivity contribution in [3.8, 4) is 5.75 Å². The SMILES string of the molecule is CCC[CH2][Sn]([CH2]CCC)([CH2]CCC)[c]1ccc(OC)c(Cl)c1. The van der Waals surface area contributed by atoms with Gasteiger partial charge in [-0.15, -0.1) is 0 Å². The number of rotatable bonds is 11. The molecule has 0 heterocycles. The molecule has 22 heavy (non-hydrogen) atoms. The van der Waals surface area contributed by atoms with Gasteiger partial charge in [0, 0.05) is 0 Å². The van der Waals surface area contributed by atoms with E-state index in [1.165, 1.54) is 51.8 Å². The second kappa shape index (κ2) is 10.8. The van der Waals surface area contributed by atoms with Gasteiger partial charge in [-0.25, -0.2) is 0 Å². The van der Waals surface area contributed by atoms with Crippen LogP contribution >= 0.6 is 11.6 Å². The summed E-state index contributed by atoms with van der Waals surface area (Å²) in [4.78, 5) is 0. The van der Waals surface area contributed by atoms with Gasteiger partial charge in [0.05, 0.1) is 0 Å². The van der Waals surface area contributed by atoms with E-state index < -0.39 is 18.4 Å². The molecule has 126 valence electrons. The number of hydrogen-bond donors (Lipinski definition) is 0. The van der Waals surface area contributed by atoms with Crippen molar-refractivity contribution in [2.24, 2.45) is 0 Å². The predicted molar refractivity (Wildman–Crippen MR) is 103 cm³/mol. The normalized spacial score (nSPS) is 11.7. The maximum absolute atomic E-state index is 6.45. The van der Waals surface area contributed by atoms with Crippen LogP contribution in [0.4, 0.5) is 0 Å². The van der Waals surface area contributed by atoms with E-state index in [1.54, 1.807) is 10.7 Å². The first-order valence-electron chi connectivity index (χ1n) is 8.97. The zero-order chi connectivity index (χ0) is 16.4. The summed E-state index contributed by atoms with van der Waals surface area (Å²) in [5.41, 5.74) is 0. The molecule has 0 spiro atoms. The summed E-state index contributed by atoms with van der Waals surface area (Å²) in [7, 11) is 1.70. The van der Waals surface area contributed by atoms with Crippen LogP contribution in [0.2, 0.25) is 18.3 Å². The van der Waals surface area contributed by atoms with Crippen molar-refractivity contribution in [1.29, 1.82) is 0 Å². The molecule has 1 nitrogen and oxygen atoms in total. The standard InChI is InChI=1S/C7H6ClO.3C4H9.Sn/c1-9-7-5-3-2-4-6(7)8;3*1-3-4-2;/h3-5H,1H3;3*1,3-4H2,2H3;. The summed E-state index contributed by atoms with van der Waals surface area (Å²) < 4.78 is 11.4. The predicted octanol–water partition coefficient (Wildman–Crippen LogP) is 6.40. The van der Waals surface area contributed by atoms with Gasteiger partial charge in [-0.3, -0.25) is 0 Å². The van der Waals surface area contributed by atoms with Crippen LogP contribution in [0, 0.1) is 0 Å². The number of benzene rings is 1. The van der Waals surface area contributed by atoms with E-state index in [4.69, 9.17) is 16.3 Å². The van der Waals surface area contributed by atoms with Gasteiger partial charge >= 0.3 is 147 Å². The van der Waals surface area contributed by atoms with Gasteiger partial charge in [-0.05, 0) is 0 Å². The summed E-state index contributed by atoms with van der Waals surface area (Å²) in [6.07, 6.45) is 8.07. The Kier molecular flexibility index (Phi) is 9.90. The number of unbranched alkanes of at least 4 members (excludes halogenated alkanes) is 3. The Balaban J connectivity index is 3.15. The first-order valence-corrected chi connectivity index (χ1v) is 16.8. The fraction of sp³-hybridized carbons (Fsp3) is 0.684. The Morgan fingerprint density at radius 3 is 1.77 bits per heavy atom. The van der Waals surface area contributed by atoms with Crippen molar-refractivity contribution in [3.05, 3.63) is 23.2 Å². The summed E-state index contributed by atoms with van der Waals surface area (Å²) >= 11 is 4.12. The molecule has 0 aliphatic rings. The van der Waals surface area contributed by atoms with E-state index in [9.17, 15) is 0 Å². The third-order valence-electron chi connectivity index (χ3n) is 4.79. The fourth-order valence-corrected chi connectivity index (χ4v) is 19.8. The van der Waals surface area contributed by atoms with Crippen molar-refractivity contribution in [2.75, 3.05) is 7.11 Å². The molecule has 0 aromatic heterocycles. The third-order valence-corrected chi connectivity index (χ3v) is 20.7. The first kappa shape index (κ1) is 20.2. The van der Waals surface area contributed by atoms with Gasteiger partial charge in [0.1, 0.15) is 0 Å². The second-order valence-corrected chi connectivity index (χ2v) is 20.1. The molecule has 1 aromatic rings. The van der Waals surface area contributed by atoms with Gasteiger partial charge in [0.15, 0.2) is 0 Å². The van der Waals surface area contributed by atoms with Gasteiger partial charge in [0.2, 0.25) is 0 Å². The number of methoxy groups -OCH3 is 1. The van der Waals surface area contributed by atoms with E-state index in [0.29, 0.717) is 0 Å². The summed E-state index contributed by atoms with van der Waals surface area (Å²) in [6.45, 7) is 6.95. The molecular weight excluding hydrogens is 398 g/mol. The van der Waals surface area contributed by atoms with Crippen molar-refractivity contribution in [2.45, 2.75) is 72.6 Å². The molecule has 0 bridgehead atoms. The molecule has 1 rings (SSSR count). The molecule has 0 unspecified atom stereocenters. The first-order chi connectivity index (χ1) is 10.6. The van der Waals surface area contributed by atoms with E-state index in [0.717, 1.165) is 10.8 Å². The number of hydrogen-bond acceptors (Lipinski definition) is 1. The van der Waals surface area contributed by atoms with Gasteiger partial charge in [0.25, 0.3) is 0 Å². The van der Waals surface area contributed by atoms with Crippen LogP contribution in [0.3, 0.4) is 0 Å². The van der Waals surface area contributed by atoms with Crippen LogP contribution in [-0.4, -0.2) is 25.5 Å². The minimum atomic E-state index is -2.33. The molecule has 3 heteroatoms. The van der Waals surface area contributed by atoms with Crippen LogP contribution in [-0.2, 0) is 0 Å². The van der Waals surface area contributed by atoms with Crippen molar-refractivity contribution >= 4 is 33.6 Å². The van der Waals surface area contributed by atoms with Gasteiger partial charge in [-0.1, -0.05) is 0 Å². The van der Waals surface area contributed by atoms with Crippen molar-refractivity contribution < 1.29 is 4.74 Å². The average Bonchev–Trinajstić information content (AvgIpc) is 2.54. The number of ether oxygens (including phenoxy) is 1. The molecule has 0 saturated carbocycles. The minimum absolute atomic E-state index is 0.797. The molecule has 0 saturated heterocycles. The Hall–Kier alpha value is 0.109. The molecule has 0 N–H and O–H groups in total. The van der Waals surface area contributed by atoms with E-state index in [-0.39, 0.29) is 0 Å². The van der Waals surface area contributed by atoms with Gasteiger partial charge < -0.3 is 0 Å². The molecule has 0 atom stereocenters. The van der Waals surface area contributed by atoms with E-state index >= 15 is 0 Å². The van der Waals surface area contributed by atoms with Crippen molar-refractivity contribution in [1.82, 2.24) is 0 Å². The topological polar surface area (TPSA) is 9.23 Å². The number of halogens is 1.